The van der Waals surface area contributed by atoms with Crippen molar-refractivity contribution in [3.8, 4) is 68.1 Å². The number of anilines is 4. The molecule has 0 saturated carbocycles. The molecule has 0 unspecified atom stereocenters. The Morgan fingerprint density at radius 2 is 0.826 bits per heavy atom. The second-order valence-corrected chi connectivity index (χ2v) is 26.1. The number of H-pyrrole nitrogens is 2. The molecule has 4 aromatic heterocycles. The van der Waals surface area contributed by atoms with Gasteiger partial charge in [-0.05, 0) is 108 Å². The smallest absolute Gasteiger partial charge is 0.255 e. The quantitative estimate of drug-likeness (QED) is 0.0656. The van der Waals surface area contributed by atoms with Crippen LogP contribution in [0, 0.1) is 28.6 Å². The molecule has 0 atom stereocenters. The predicted molar refractivity (Wildman–Crippen MR) is 374 cm³/mol. The molecule has 92 heavy (non-hydrogen) atoms. The summed E-state index contributed by atoms with van der Waals surface area (Å²) in [6, 6.07) is 54.1. The number of nitrogens with zero attached hydrogens (tertiary/aromatic N) is 4. The van der Waals surface area contributed by atoms with E-state index in [1.165, 1.54) is 0 Å². The first-order valence-electron chi connectivity index (χ1n) is 30.6. The third-order valence-corrected chi connectivity index (χ3v) is 16.2. The van der Waals surface area contributed by atoms with Gasteiger partial charge in [-0.1, -0.05) is 165 Å². The van der Waals surface area contributed by atoms with E-state index in [-0.39, 0.29) is 23.6 Å². The van der Waals surface area contributed by atoms with Gasteiger partial charge in [0.1, 0.15) is 0 Å². The summed E-state index contributed by atoms with van der Waals surface area (Å²) in [5.74, 6) is 1.86. The number of para-hydroxylation sites is 4. The van der Waals surface area contributed by atoms with Gasteiger partial charge in [0.2, 0.25) is 17.7 Å². The highest BCUT2D eigenvalue weighted by molar-refractivity contribution is 6.10. The lowest BCUT2D eigenvalue weighted by atomic mass is 9.94. The third kappa shape index (κ3) is 12.5. The van der Waals surface area contributed by atoms with Gasteiger partial charge < -0.3 is 35.8 Å². The maximum atomic E-state index is 14.8. The fraction of sp³-hybridized carbons (Fsp3) is 0.167. The van der Waals surface area contributed by atoms with Gasteiger partial charge >= 0.3 is 0 Å². The van der Waals surface area contributed by atoms with Crippen molar-refractivity contribution in [1.82, 2.24) is 29.5 Å². The number of aromatic amines is 2. The minimum atomic E-state index is -0.722. The highest BCUT2D eigenvalue weighted by Crippen LogP contribution is 2.44. The van der Waals surface area contributed by atoms with Crippen LogP contribution in [0.25, 0.3) is 102 Å². The molecule has 0 fully saturated rings. The molecule has 12 rings (SSSR count). The van der Waals surface area contributed by atoms with Crippen LogP contribution in [0.5, 0.6) is 0 Å². The first kappa shape index (κ1) is 60.8. The van der Waals surface area contributed by atoms with E-state index in [2.05, 4.69) is 42.1 Å². The molecule has 6 aromatic carbocycles. The van der Waals surface area contributed by atoms with Crippen LogP contribution in [0.3, 0.4) is 0 Å². The van der Waals surface area contributed by atoms with Crippen LogP contribution in [0.15, 0.2) is 182 Å². The number of nitrogens with one attached hydrogen (secondary N) is 6. The third-order valence-electron chi connectivity index (χ3n) is 16.2. The highest BCUT2D eigenvalue weighted by Gasteiger charge is 2.28. The molecular formula is C78H70N10O4. The number of amides is 4. The number of hydrogen-bond acceptors (Lipinski definition) is 7. The van der Waals surface area contributed by atoms with Crippen molar-refractivity contribution in [2.45, 2.75) is 68.9 Å². The molecule has 14 heteroatoms. The zero-order valence-corrected chi connectivity index (χ0v) is 52.8. The Labute approximate surface area is 535 Å². The monoisotopic (exact) mass is 1210 g/mol. The molecule has 0 saturated heterocycles. The molecule has 10 aromatic rings. The van der Waals surface area contributed by atoms with E-state index in [1.807, 2.05) is 261 Å². The van der Waals surface area contributed by atoms with Crippen molar-refractivity contribution in [2.24, 2.45) is 16.2 Å². The lowest BCUT2D eigenvalue weighted by molar-refractivity contribution is -0.123. The minimum absolute atomic E-state index is 0.162. The Morgan fingerprint density at radius 3 is 1.20 bits per heavy atom. The van der Waals surface area contributed by atoms with Crippen LogP contribution in [0.1, 0.15) is 107 Å². The number of imidazole rings is 1. The van der Waals surface area contributed by atoms with E-state index in [0.29, 0.717) is 124 Å². The number of rotatable bonds is 12. The molecule has 0 aliphatic carbocycles. The summed E-state index contributed by atoms with van der Waals surface area (Å²) in [6.07, 6.45) is 17.1. The van der Waals surface area contributed by atoms with Crippen LogP contribution in [0.4, 0.5) is 22.7 Å². The summed E-state index contributed by atoms with van der Waals surface area (Å²) in [5.41, 5.74) is 14.6. The lowest BCUT2D eigenvalue weighted by Crippen LogP contribution is -2.27. The fourth-order valence-corrected chi connectivity index (χ4v) is 11.1. The maximum Gasteiger partial charge on any atom is 0.255 e. The normalized spacial score (nSPS) is 12.1. The summed E-state index contributed by atoms with van der Waals surface area (Å²) < 4.78 is 2.04. The van der Waals surface area contributed by atoms with Crippen molar-refractivity contribution in [2.75, 3.05) is 21.3 Å². The molecule has 14 nitrogen and oxygen atoms in total. The minimum Gasteiger partial charge on any atom is -0.354 e. The topological polar surface area (TPSA) is 192 Å². The molecule has 4 amide bonds. The molecule has 8 bridgehead atoms. The standard InChI is InChI=1S/C78H70N10O4/c1-11-47-31-33-49(34-32-47)67-44-79-46-88(67)45-48-21-20-22-50(43-48)72(89)84-55-27-16-12-23-51(55)68-59-35-37-61(80-59)69(52-24-13-17-28-56(52)85-73(90)76(2,3)4)63-39-41-65(82-63)71(54-26-15-19-30-58(54)87-75(92)78(8,9)10)66-42-40-64(83-66)70(62-38-36-60(68)81-62)53-25-14-18-29-57(53)86-74(91)77(5,6)7/h1,12-44,46,80,83H,45H2,2-10H3,(H,84,89)(H,85,90)(H,86,91)(H,87,92). The van der Waals surface area contributed by atoms with Gasteiger partial charge in [-0.25, -0.2) is 15.0 Å². The molecule has 2 aliphatic rings. The average Bonchev–Trinajstić information content (AvgIpc) is 1.63. The van der Waals surface area contributed by atoms with Gasteiger partial charge in [-0.3, -0.25) is 19.2 Å². The van der Waals surface area contributed by atoms with Crippen molar-refractivity contribution < 1.29 is 19.2 Å². The van der Waals surface area contributed by atoms with E-state index >= 15 is 0 Å². The van der Waals surface area contributed by atoms with Gasteiger partial charge in [-0.15, -0.1) is 6.42 Å². The molecule has 2 aliphatic heterocycles. The molecule has 6 N–H and O–H groups in total. The molecule has 6 heterocycles. The number of carbonyl (C=O) groups is 4. The van der Waals surface area contributed by atoms with E-state index < -0.39 is 16.2 Å². The van der Waals surface area contributed by atoms with Gasteiger partial charge in [0.05, 0.1) is 41.0 Å². The van der Waals surface area contributed by atoms with Gasteiger partial charge in [-0.2, -0.15) is 0 Å². The second kappa shape index (κ2) is 24.5. The summed E-state index contributed by atoms with van der Waals surface area (Å²) in [7, 11) is 0. The predicted octanol–water partition coefficient (Wildman–Crippen LogP) is 17.4. The van der Waals surface area contributed by atoms with Crippen LogP contribution >= 0.6 is 0 Å². The zero-order valence-electron chi connectivity index (χ0n) is 52.8. The fourth-order valence-electron chi connectivity index (χ4n) is 11.1. The average molecular weight is 1210 g/mol. The Kier molecular flexibility index (Phi) is 16.2. The highest BCUT2D eigenvalue weighted by atomic mass is 16.2. The SMILES string of the molecule is C#Cc1ccc(-c2cncn2Cc2cccc(C(=O)Nc3ccccc3-c3c4nc(c(-c5ccccc5NC(=O)C(C)(C)C)c5ccc([nH]5)c(-c5ccccc5NC(=O)C(C)(C)C)c5nc(c(-c6ccccc6NC(=O)C(C)(C)C)c6ccc3[nH]6)C=C5)C=C4)c2)cc1. The number of benzene rings is 6. The van der Waals surface area contributed by atoms with Gasteiger partial charge in [0, 0.05) is 123 Å². The summed E-state index contributed by atoms with van der Waals surface area (Å²) in [4.78, 5) is 80.0. The maximum absolute atomic E-state index is 14.8. The van der Waals surface area contributed by atoms with Crippen LogP contribution < -0.4 is 21.3 Å². The van der Waals surface area contributed by atoms with Crippen molar-refractivity contribution >= 4 is 92.7 Å². The number of terminal acetylenes is 1. The summed E-state index contributed by atoms with van der Waals surface area (Å²) in [6.45, 7) is 17.3. The van der Waals surface area contributed by atoms with Crippen LogP contribution in [-0.4, -0.2) is 53.1 Å². The number of carbonyl (C=O) groups excluding carboxylic acids is 4. The van der Waals surface area contributed by atoms with E-state index in [4.69, 9.17) is 16.4 Å². The summed E-state index contributed by atoms with van der Waals surface area (Å²) >= 11 is 0. The first-order chi connectivity index (χ1) is 44.1. The molecular weight excluding hydrogens is 1140 g/mol. The zero-order chi connectivity index (χ0) is 64.6. The lowest BCUT2D eigenvalue weighted by Gasteiger charge is -2.20. The van der Waals surface area contributed by atoms with Gasteiger partial charge in [0.15, 0.2) is 0 Å². The van der Waals surface area contributed by atoms with Crippen molar-refractivity contribution in [3.05, 3.63) is 222 Å². The Bertz CT molecular complexity index is 4820. The van der Waals surface area contributed by atoms with Crippen LogP contribution in [0.2, 0.25) is 0 Å². The van der Waals surface area contributed by atoms with Crippen molar-refractivity contribution in [1.29, 1.82) is 0 Å². The number of fused-ring (bicyclic) bond motifs is 8. The summed E-state index contributed by atoms with van der Waals surface area (Å²) in [5, 5.41) is 13.0. The van der Waals surface area contributed by atoms with Gasteiger partial charge in [0.25, 0.3) is 5.91 Å². The number of hydrogen-bond donors (Lipinski definition) is 6. The number of aromatic nitrogens is 6. The Balaban J connectivity index is 1.11. The second-order valence-electron chi connectivity index (χ2n) is 26.1. The molecule has 0 spiro atoms. The van der Waals surface area contributed by atoms with Crippen LogP contribution in [-0.2, 0) is 20.9 Å². The first-order valence-corrected chi connectivity index (χ1v) is 30.6. The van der Waals surface area contributed by atoms with E-state index in [1.54, 1.807) is 12.4 Å². The molecule has 0 radical (unpaired) electrons. The van der Waals surface area contributed by atoms with E-state index in [0.717, 1.165) is 22.4 Å². The Morgan fingerprint density at radius 1 is 0.457 bits per heavy atom. The largest absolute Gasteiger partial charge is 0.354 e. The Hall–Kier alpha value is -11.4. The van der Waals surface area contributed by atoms with Crippen molar-refractivity contribution in [3.63, 3.8) is 0 Å². The molecule has 456 valence electrons. The van der Waals surface area contributed by atoms with E-state index in [9.17, 15) is 19.2 Å².